The molecule has 15 heavy (non-hydrogen) atoms. The molecule has 5 heteroatoms. The van der Waals surface area contributed by atoms with Gasteiger partial charge in [0.05, 0.1) is 4.47 Å². The Labute approximate surface area is 99.1 Å². The van der Waals surface area contributed by atoms with Crippen LogP contribution in [0.1, 0.15) is 10.4 Å². The largest absolute Gasteiger partial charge is 0.375 e. The summed E-state index contributed by atoms with van der Waals surface area (Å²) >= 11 is 4.54. The topological polar surface area (TPSA) is 38.9 Å². The van der Waals surface area contributed by atoms with Crippen molar-refractivity contribution in [3.63, 3.8) is 0 Å². The van der Waals surface area contributed by atoms with E-state index in [1.165, 1.54) is 17.4 Å². The highest BCUT2D eigenvalue weighted by molar-refractivity contribution is 9.10. The van der Waals surface area contributed by atoms with E-state index >= 15 is 0 Å². The van der Waals surface area contributed by atoms with Gasteiger partial charge in [-0.05, 0) is 33.6 Å². The molecule has 1 aromatic carbocycles. The van der Waals surface area contributed by atoms with E-state index in [4.69, 9.17) is 5.73 Å². The van der Waals surface area contributed by atoms with Gasteiger partial charge in [0.2, 0.25) is 0 Å². The van der Waals surface area contributed by atoms with Crippen molar-refractivity contribution < 1.29 is 4.39 Å². The average Bonchev–Trinajstić information content (AvgIpc) is 2.58. The summed E-state index contributed by atoms with van der Waals surface area (Å²) in [6, 6.07) is 5.10. The third-order valence-corrected chi connectivity index (χ3v) is 3.40. The van der Waals surface area contributed by atoms with Crippen molar-refractivity contribution in [2.24, 2.45) is 0 Å². The molecule has 2 aromatic rings. The third-order valence-electron chi connectivity index (χ3n) is 1.93. The van der Waals surface area contributed by atoms with Gasteiger partial charge in [-0.3, -0.25) is 0 Å². The van der Waals surface area contributed by atoms with Gasteiger partial charge < -0.3 is 5.73 Å². The Morgan fingerprint density at radius 2 is 2.27 bits per heavy atom. The Bertz CT molecular complexity index is 484. The molecule has 0 aliphatic rings. The summed E-state index contributed by atoms with van der Waals surface area (Å²) in [4.78, 5) is 4.98. The molecule has 1 aromatic heterocycles. The summed E-state index contributed by atoms with van der Waals surface area (Å²) in [5.41, 5.74) is 6.43. The van der Waals surface area contributed by atoms with Gasteiger partial charge >= 0.3 is 0 Å². The number of nitrogens with zero attached hydrogens (tertiary/aromatic N) is 1. The second-order valence-electron chi connectivity index (χ2n) is 3.09. The summed E-state index contributed by atoms with van der Waals surface area (Å²) < 4.78 is 13.7. The van der Waals surface area contributed by atoms with Gasteiger partial charge in [-0.15, -0.1) is 11.3 Å². The van der Waals surface area contributed by atoms with E-state index in [9.17, 15) is 4.39 Å². The van der Waals surface area contributed by atoms with E-state index in [1.807, 2.05) is 6.07 Å². The van der Waals surface area contributed by atoms with Crippen molar-refractivity contribution >= 4 is 32.4 Å². The molecule has 0 amide bonds. The van der Waals surface area contributed by atoms with Crippen LogP contribution < -0.4 is 5.73 Å². The molecule has 0 spiro atoms. The molecule has 0 aliphatic heterocycles. The van der Waals surface area contributed by atoms with E-state index in [0.29, 0.717) is 16.0 Å². The number of rotatable bonds is 2. The van der Waals surface area contributed by atoms with E-state index < -0.39 is 0 Å². The van der Waals surface area contributed by atoms with Crippen LogP contribution >= 0.6 is 27.3 Å². The van der Waals surface area contributed by atoms with E-state index in [0.717, 1.165) is 10.4 Å². The van der Waals surface area contributed by atoms with Crippen LogP contribution in [-0.4, -0.2) is 4.98 Å². The van der Waals surface area contributed by atoms with Crippen LogP contribution in [0.15, 0.2) is 28.9 Å². The van der Waals surface area contributed by atoms with Gasteiger partial charge in [-0.25, -0.2) is 9.37 Å². The molecule has 0 radical (unpaired) electrons. The van der Waals surface area contributed by atoms with Gasteiger partial charge in [0.15, 0.2) is 5.13 Å². The summed E-state index contributed by atoms with van der Waals surface area (Å²) in [6.45, 7) is 0. The van der Waals surface area contributed by atoms with Gasteiger partial charge in [0, 0.05) is 17.5 Å². The van der Waals surface area contributed by atoms with Crippen LogP contribution in [0, 0.1) is 5.82 Å². The molecule has 0 fully saturated rings. The third kappa shape index (κ3) is 2.54. The number of hydrogen-bond acceptors (Lipinski definition) is 3. The number of nitrogens with two attached hydrogens (primary N) is 1. The minimum absolute atomic E-state index is 0.245. The minimum Gasteiger partial charge on any atom is -0.375 e. The van der Waals surface area contributed by atoms with Gasteiger partial charge in [0.1, 0.15) is 5.82 Å². The fourth-order valence-corrected chi connectivity index (χ4v) is 2.22. The molecule has 78 valence electrons. The zero-order chi connectivity index (χ0) is 10.8. The first-order valence-electron chi connectivity index (χ1n) is 4.29. The lowest BCUT2D eigenvalue weighted by Crippen LogP contribution is -1.87. The molecule has 0 atom stereocenters. The van der Waals surface area contributed by atoms with Gasteiger partial charge in [0.25, 0.3) is 0 Å². The van der Waals surface area contributed by atoms with E-state index in [2.05, 4.69) is 20.9 Å². The molecule has 2 N–H and O–H groups in total. The predicted octanol–water partition coefficient (Wildman–Crippen LogP) is 3.22. The first kappa shape index (κ1) is 10.6. The van der Waals surface area contributed by atoms with Crippen molar-refractivity contribution in [1.82, 2.24) is 4.98 Å². The average molecular weight is 287 g/mol. The fourth-order valence-electron chi connectivity index (χ4n) is 1.26. The zero-order valence-electron chi connectivity index (χ0n) is 7.71. The van der Waals surface area contributed by atoms with Crippen LogP contribution in [0.2, 0.25) is 0 Å². The molecular weight excluding hydrogens is 279 g/mol. The molecular formula is C10H8BrFN2S. The predicted molar refractivity (Wildman–Crippen MR) is 63.4 cm³/mol. The molecule has 1 heterocycles. The van der Waals surface area contributed by atoms with Crippen LogP contribution in [-0.2, 0) is 6.42 Å². The highest BCUT2D eigenvalue weighted by atomic mass is 79.9. The van der Waals surface area contributed by atoms with E-state index in [1.54, 1.807) is 12.3 Å². The lowest BCUT2D eigenvalue weighted by molar-refractivity contribution is 0.619. The minimum atomic E-state index is -0.245. The highest BCUT2D eigenvalue weighted by Crippen LogP contribution is 2.21. The Morgan fingerprint density at radius 3 is 2.87 bits per heavy atom. The van der Waals surface area contributed by atoms with Crippen LogP contribution in [0.3, 0.4) is 0 Å². The summed E-state index contributed by atoms with van der Waals surface area (Å²) in [6.07, 6.45) is 2.39. The summed E-state index contributed by atoms with van der Waals surface area (Å²) in [5, 5.41) is 0.544. The Hall–Kier alpha value is -0.940. The number of thiazole rings is 1. The molecule has 0 saturated heterocycles. The first-order valence-corrected chi connectivity index (χ1v) is 5.90. The number of anilines is 1. The maximum atomic E-state index is 13.2. The standard InChI is InChI=1S/C10H8BrFN2S/c11-8-2-1-6(4-9(8)12)3-7-5-14-10(13)15-7/h1-2,4-5H,3H2,(H2,13,14). The number of aromatic nitrogens is 1. The summed E-state index contributed by atoms with van der Waals surface area (Å²) in [7, 11) is 0. The van der Waals surface area contributed by atoms with Gasteiger partial charge in [-0.2, -0.15) is 0 Å². The smallest absolute Gasteiger partial charge is 0.180 e. The lowest BCUT2D eigenvalue weighted by atomic mass is 10.1. The summed E-state index contributed by atoms with van der Waals surface area (Å²) in [5.74, 6) is -0.245. The Morgan fingerprint density at radius 1 is 1.47 bits per heavy atom. The quantitative estimate of drug-likeness (QED) is 0.921. The normalized spacial score (nSPS) is 10.5. The lowest BCUT2D eigenvalue weighted by Gasteiger charge is -1.99. The molecule has 0 saturated carbocycles. The maximum absolute atomic E-state index is 13.2. The van der Waals surface area contributed by atoms with Crippen molar-refractivity contribution in [3.8, 4) is 0 Å². The zero-order valence-corrected chi connectivity index (χ0v) is 10.1. The van der Waals surface area contributed by atoms with Crippen molar-refractivity contribution in [3.05, 3.63) is 45.1 Å². The number of nitrogen functional groups attached to an aromatic ring is 1. The molecule has 0 aliphatic carbocycles. The van der Waals surface area contributed by atoms with Crippen LogP contribution in [0.5, 0.6) is 0 Å². The maximum Gasteiger partial charge on any atom is 0.180 e. The number of halogens is 2. The van der Waals surface area contributed by atoms with Crippen molar-refractivity contribution in [2.45, 2.75) is 6.42 Å². The highest BCUT2D eigenvalue weighted by Gasteiger charge is 2.04. The molecule has 0 unspecified atom stereocenters. The van der Waals surface area contributed by atoms with Crippen LogP contribution in [0.25, 0.3) is 0 Å². The molecule has 0 bridgehead atoms. The number of hydrogen-bond donors (Lipinski definition) is 1. The van der Waals surface area contributed by atoms with Gasteiger partial charge in [-0.1, -0.05) is 6.07 Å². The SMILES string of the molecule is Nc1ncc(Cc2ccc(Br)c(F)c2)s1. The second kappa shape index (κ2) is 4.28. The van der Waals surface area contributed by atoms with Crippen molar-refractivity contribution in [2.75, 3.05) is 5.73 Å². The van der Waals surface area contributed by atoms with Crippen LogP contribution in [0.4, 0.5) is 9.52 Å². The second-order valence-corrected chi connectivity index (χ2v) is 5.09. The fraction of sp³-hybridized carbons (Fsp3) is 0.100. The number of benzene rings is 1. The Kier molecular flexibility index (Phi) is 3.02. The Balaban J connectivity index is 2.21. The molecule has 2 rings (SSSR count). The van der Waals surface area contributed by atoms with Crippen molar-refractivity contribution in [1.29, 1.82) is 0 Å². The molecule has 2 nitrogen and oxygen atoms in total. The first-order chi connectivity index (χ1) is 7.15. The van der Waals surface area contributed by atoms with E-state index in [-0.39, 0.29) is 5.82 Å². The monoisotopic (exact) mass is 286 g/mol.